The van der Waals surface area contributed by atoms with E-state index in [4.69, 9.17) is 5.10 Å². The Morgan fingerprint density at radius 1 is 1.05 bits per heavy atom. The first-order valence-electron chi connectivity index (χ1n) is 12.8. The fourth-order valence-corrected chi connectivity index (χ4v) is 5.39. The molecule has 2 aliphatic rings. The second-order valence-electron chi connectivity index (χ2n) is 10.1. The fraction of sp³-hybridized carbons (Fsp3) is 0.393. The number of nitrogens with zero attached hydrogens (tertiary/aromatic N) is 3. The van der Waals surface area contributed by atoms with Crippen LogP contribution in [0.25, 0.3) is 22.2 Å². The molecule has 1 N–H and O–H groups in total. The second-order valence-corrected chi connectivity index (χ2v) is 10.1. The van der Waals surface area contributed by atoms with Crippen LogP contribution in [0, 0.1) is 0 Å². The van der Waals surface area contributed by atoms with Gasteiger partial charge in [-0.3, -0.25) is 14.3 Å². The summed E-state index contributed by atoms with van der Waals surface area (Å²) in [5.41, 5.74) is 0.811. The number of aromatic nitrogens is 2. The van der Waals surface area contributed by atoms with Crippen molar-refractivity contribution in [1.29, 1.82) is 0 Å². The van der Waals surface area contributed by atoms with Gasteiger partial charge < -0.3 is 10.2 Å². The summed E-state index contributed by atoms with van der Waals surface area (Å²) >= 11 is 0. The summed E-state index contributed by atoms with van der Waals surface area (Å²) in [5, 5.41) is 8.19. The average Bonchev–Trinajstić information content (AvgIpc) is 3.54. The monoisotopic (exact) mass is 546 g/mol. The minimum atomic E-state index is -4.49. The van der Waals surface area contributed by atoms with E-state index in [9.17, 15) is 31.5 Å². The zero-order chi connectivity index (χ0) is 27.9. The number of para-hydroxylation sites is 1. The van der Waals surface area contributed by atoms with Crippen molar-refractivity contribution in [3.05, 3.63) is 66.2 Å². The van der Waals surface area contributed by atoms with Gasteiger partial charge in [0.2, 0.25) is 11.8 Å². The van der Waals surface area contributed by atoms with Gasteiger partial charge in [-0.25, -0.2) is 8.78 Å². The van der Waals surface area contributed by atoms with Crippen molar-refractivity contribution in [2.45, 2.75) is 56.3 Å². The molecule has 0 radical (unpaired) electrons. The highest BCUT2D eigenvalue weighted by Gasteiger charge is 2.36. The maximum Gasteiger partial charge on any atom is 0.416 e. The molecule has 39 heavy (non-hydrogen) atoms. The number of halogens is 5. The van der Waals surface area contributed by atoms with E-state index in [0.29, 0.717) is 41.7 Å². The van der Waals surface area contributed by atoms with Crippen LogP contribution in [0.5, 0.6) is 0 Å². The molecule has 2 fully saturated rings. The lowest BCUT2D eigenvalue weighted by atomic mass is 9.92. The molecular formula is C28H27F5N4O2. The Kier molecular flexibility index (Phi) is 6.94. The van der Waals surface area contributed by atoms with Crippen molar-refractivity contribution in [3.63, 3.8) is 0 Å². The summed E-state index contributed by atoms with van der Waals surface area (Å²) in [6, 6.07) is 8.97. The van der Waals surface area contributed by atoms with E-state index in [2.05, 4.69) is 11.9 Å². The molecule has 0 spiro atoms. The predicted molar refractivity (Wildman–Crippen MR) is 135 cm³/mol. The highest BCUT2D eigenvalue weighted by molar-refractivity contribution is 6.09. The number of amides is 2. The predicted octanol–water partition coefficient (Wildman–Crippen LogP) is 5.99. The van der Waals surface area contributed by atoms with Gasteiger partial charge >= 0.3 is 6.18 Å². The molecule has 2 heterocycles. The van der Waals surface area contributed by atoms with Gasteiger partial charge in [0.1, 0.15) is 5.69 Å². The van der Waals surface area contributed by atoms with E-state index >= 15 is 0 Å². The fourth-order valence-electron chi connectivity index (χ4n) is 5.39. The molecule has 1 aliphatic heterocycles. The molecule has 2 amide bonds. The topological polar surface area (TPSA) is 67.2 Å². The minimum absolute atomic E-state index is 0.159. The summed E-state index contributed by atoms with van der Waals surface area (Å²) in [7, 11) is 0. The second kappa shape index (κ2) is 10.1. The Hall–Kier alpha value is -3.76. The first kappa shape index (κ1) is 26.8. The third-order valence-electron chi connectivity index (χ3n) is 7.51. The molecule has 3 aromatic rings. The summed E-state index contributed by atoms with van der Waals surface area (Å²) < 4.78 is 68.3. The van der Waals surface area contributed by atoms with Crippen LogP contribution in [0.3, 0.4) is 0 Å². The third-order valence-corrected chi connectivity index (χ3v) is 7.51. The van der Waals surface area contributed by atoms with Crippen LogP contribution in [0.2, 0.25) is 0 Å². The molecule has 1 saturated heterocycles. The van der Waals surface area contributed by atoms with Gasteiger partial charge in [-0.2, -0.15) is 18.3 Å². The number of rotatable bonds is 5. The third kappa shape index (κ3) is 5.39. The first-order valence-corrected chi connectivity index (χ1v) is 12.8. The van der Waals surface area contributed by atoms with E-state index < -0.39 is 29.6 Å². The van der Waals surface area contributed by atoms with Crippen molar-refractivity contribution in [1.82, 2.24) is 20.0 Å². The molecule has 1 aromatic heterocycles. The number of benzene rings is 2. The Labute approximate surface area is 221 Å². The molecule has 2 aromatic carbocycles. The Morgan fingerprint density at radius 3 is 2.38 bits per heavy atom. The van der Waals surface area contributed by atoms with Crippen LogP contribution < -0.4 is 5.32 Å². The van der Waals surface area contributed by atoms with Gasteiger partial charge in [0.05, 0.1) is 22.7 Å². The summed E-state index contributed by atoms with van der Waals surface area (Å²) in [4.78, 5) is 27.3. The zero-order valence-electron chi connectivity index (χ0n) is 21.0. The van der Waals surface area contributed by atoms with Gasteiger partial charge in [0, 0.05) is 42.9 Å². The molecule has 1 aliphatic carbocycles. The molecule has 0 bridgehead atoms. The number of nitrogens with one attached hydrogen (secondary N) is 1. The van der Waals surface area contributed by atoms with E-state index in [1.807, 2.05) is 0 Å². The normalized spacial score (nSPS) is 19.8. The lowest BCUT2D eigenvalue weighted by Crippen LogP contribution is -2.40. The molecule has 1 unspecified atom stereocenters. The minimum Gasteiger partial charge on any atom is -0.349 e. The molecule has 11 heteroatoms. The summed E-state index contributed by atoms with van der Waals surface area (Å²) in [5.74, 6) is -3.40. The van der Waals surface area contributed by atoms with Crippen LogP contribution in [-0.4, -0.2) is 51.5 Å². The van der Waals surface area contributed by atoms with Crippen molar-refractivity contribution in [2.24, 2.45) is 0 Å². The number of fused-ring (bicyclic) bond motifs is 1. The smallest absolute Gasteiger partial charge is 0.349 e. The molecule has 206 valence electrons. The lowest BCUT2D eigenvalue weighted by molar-refractivity contribution is -0.137. The molecule has 5 rings (SSSR count). The number of carbonyl (C=O) groups is 2. The Bertz CT molecular complexity index is 1400. The van der Waals surface area contributed by atoms with Crippen molar-refractivity contribution in [2.75, 3.05) is 13.1 Å². The lowest BCUT2D eigenvalue weighted by Gasteiger charge is -2.28. The Morgan fingerprint density at radius 2 is 1.74 bits per heavy atom. The maximum absolute atomic E-state index is 13.6. The molecular weight excluding hydrogens is 519 g/mol. The number of alkyl halides is 5. The summed E-state index contributed by atoms with van der Waals surface area (Å²) in [6.07, 6.45) is -2.99. The van der Waals surface area contributed by atoms with Gasteiger partial charge in [-0.1, -0.05) is 30.8 Å². The molecule has 1 saturated carbocycles. The summed E-state index contributed by atoms with van der Waals surface area (Å²) in [6.45, 7) is 4.31. The van der Waals surface area contributed by atoms with E-state index in [-0.39, 0.29) is 43.2 Å². The van der Waals surface area contributed by atoms with E-state index in [1.165, 1.54) is 18.2 Å². The van der Waals surface area contributed by atoms with Gasteiger partial charge in [-0.15, -0.1) is 0 Å². The highest BCUT2D eigenvalue weighted by atomic mass is 19.4. The molecule has 1 atom stereocenters. The van der Waals surface area contributed by atoms with Crippen LogP contribution in [0.1, 0.15) is 54.1 Å². The van der Waals surface area contributed by atoms with E-state index in [0.717, 1.165) is 12.1 Å². The van der Waals surface area contributed by atoms with Crippen molar-refractivity contribution >= 4 is 22.7 Å². The van der Waals surface area contributed by atoms with Crippen LogP contribution in [-0.2, 0) is 11.0 Å². The number of carbonyl (C=O) groups excluding carboxylic acids is 2. The molecule has 6 nitrogen and oxygen atoms in total. The largest absolute Gasteiger partial charge is 0.416 e. The number of hydrogen-bond donors (Lipinski definition) is 1. The zero-order valence-corrected chi connectivity index (χ0v) is 21.0. The van der Waals surface area contributed by atoms with Crippen molar-refractivity contribution < 1.29 is 31.5 Å². The number of likely N-dealkylation sites (tertiary alicyclic amines) is 1. The van der Waals surface area contributed by atoms with Crippen LogP contribution in [0.4, 0.5) is 22.0 Å². The first-order chi connectivity index (χ1) is 18.5. The average molecular weight is 547 g/mol. The van der Waals surface area contributed by atoms with Crippen LogP contribution >= 0.6 is 0 Å². The van der Waals surface area contributed by atoms with E-state index in [1.54, 1.807) is 27.8 Å². The van der Waals surface area contributed by atoms with Crippen molar-refractivity contribution in [3.8, 4) is 11.3 Å². The SMILES string of the molecule is C=CC(=O)N1CCC(n2nc(-c3ccc(C(F)(F)F)cc3)c3cccc(C(=O)NC4CCC(F)(F)CC4)c32)C1. The van der Waals surface area contributed by atoms with Gasteiger partial charge in [0.15, 0.2) is 0 Å². The highest BCUT2D eigenvalue weighted by Crippen LogP contribution is 2.37. The van der Waals surface area contributed by atoms with Gasteiger partial charge in [0.25, 0.3) is 5.91 Å². The van der Waals surface area contributed by atoms with Gasteiger partial charge in [-0.05, 0) is 43.5 Å². The maximum atomic E-state index is 13.6. The number of hydrogen-bond acceptors (Lipinski definition) is 3. The van der Waals surface area contributed by atoms with Crippen LogP contribution in [0.15, 0.2) is 55.1 Å². The standard InChI is InChI=1S/C28H27F5N4O2/c1-2-23(38)36-15-12-20(16-36)37-25-21(24(35-37)17-6-8-18(9-7-17)28(31,32)33)4-3-5-22(25)26(39)34-19-10-13-27(29,30)14-11-19/h2-9,19-20H,1,10-16H2,(H,34,39). The quantitative estimate of drug-likeness (QED) is 0.316. The Balaban J connectivity index is 1.55.